The number of anilines is 2. The SMILES string of the molecule is CC1CCc2c(ccc(F)c2N2CCN(C)CC2)N1. The molecular formula is C15H22FN3. The first kappa shape index (κ1) is 12.7. The van der Waals surface area contributed by atoms with Crippen molar-refractivity contribution in [3.8, 4) is 0 Å². The summed E-state index contributed by atoms with van der Waals surface area (Å²) < 4.78 is 14.3. The number of benzene rings is 1. The summed E-state index contributed by atoms with van der Waals surface area (Å²) in [6, 6.07) is 3.98. The van der Waals surface area contributed by atoms with Gasteiger partial charge in [0.15, 0.2) is 0 Å². The van der Waals surface area contributed by atoms with E-state index in [2.05, 4.69) is 29.1 Å². The van der Waals surface area contributed by atoms with Gasteiger partial charge in [-0.2, -0.15) is 0 Å². The van der Waals surface area contributed by atoms with Crippen LogP contribution < -0.4 is 10.2 Å². The number of rotatable bonds is 1. The van der Waals surface area contributed by atoms with Crippen molar-refractivity contribution in [2.24, 2.45) is 0 Å². The van der Waals surface area contributed by atoms with E-state index in [4.69, 9.17) is 0 Å². The van der Waals surface area contributed by atoms with E-state index in [9.17, 15) is 4.39 Å². The largest absolute Gasteiger partial charge is 0.382 e. The summed E-state index contributed by atoms with van der Waals surface area (Å²) in [5.74, 6) is -0.0698. The maximum Gasteiger partial charge on any atom is 0.146 e. The van der Waals surface area contributed by atoms with Crippen molar-refractivity contribution in [1.82, 2.24) is 4.90 Å². The fourth-order valence-electron chi connectivity index (χ4n) is 3.07. The molecule has 0 aliphatic carbocycles. The highest BCUT2D eigenvalue weighted by Gasteiger charge is 2.25. The Hall–Kier alpha value is -1.29. The number of nitrogens with one attached hydrogen (secondary N) is 1. The molecule has 0 spiro atoms. The van der Waals surface area contributed by atoms with E-state index in [0.29, 0.717) is 6.04 Å². The van der Waals surface area contributed by atoms with Crippen molar-refractivity contribution in [2.45, 2.75) is 25.8 Å². The third-order valence-corrected chi connectivity index (χ3v) is 4.28. The Balaban J connectivity index is 1.94. The Bertz CT molecular complexity index is 467. The second-order valence-electron chi connectivity index (χ2n) is 5.80. The zero-order chi connectivity index (χ0) is 13.4. The number of likely N-dealkylation sites (N-methyl/N-ethyl adjacent to an activating group) is 1. The van der Waals surface area contributed by atoms with Crippen LogP contribution in [0, 0.1) is 5.82 Å². The molecule has 0 bridgehead atoms. The van der Waals surface area contributed by atoms with E-state index in [1.165, 1.54) is 5.56 Å². The smallest absolute Gasteiger partial charge is 0.146 e. The molecule has 3 nitrogen and oxygen atoms in total. The Labute approximate surface area is 114 Å². The Morgan fingerprint density at radius 1 is 1.21 bits per heavy atom. The summed E-state index contributed by atoms with van der Waals surface area (Å²) in [4.78, 5) is 4.51. The molecule has 2 heterocycles. The molecule has 1 aromatic rings. The summed E-state index contributed by atoms with van der Waals surface area (Å²) in [5.41, 5.74) is 3.13. The second kappa shape index (κ2) is 5.00. The third-order valence-electron chi connectivity index (χ3n) is 4.28. The quantitative estimate of drug-likeness (QED) is 0.839. The second-order valence-corrected chi connectivity index (χ2v) is 5.80. The third kappa shape index (κ3) is 2.41. The standard InChI is InChI=1S/C15H22FN3/c1-11-3-4-12-14(17-11)6-5-13(16)15(12)19-9-7-18(2)8-10-19/h5-6,11,17H,3-4,7-10H2,1-2H3. The van der Waals surface area contributed by atoms with Crippen LogP contribution in [0.5, 0.6) is 0 Å². The first-order valence-electron chi connectivity index (χ1n) is 7.16. The van der Waals surface area contributed by atoms with E-state index < -0.39 is 0 Å². The van der Waals surface area contributed by atoms with Crippen molar-refractivity contribution < 1.29 is 4.39 Å². The van der Waals surface area contributed by atoms with Crippen LogP contribution in [-0.2, 0) is 6.42 Å². The molecule has 1 atom stereocenters. The molecule has 0 amide bonds. The zero-order valence-electron chi connectivity index (χ0n) is 11.7. The summed E-state index contributed by atoms with van der Waals surface area (Å²) in [6.07, 6.45) is 2.06. The average molecular weight is 263 g/mol. The molecule has 1 unspecified atom stereocenters. The number of hydrogen-bond acceptors (Lipinski definition) is 3. The molecular weight excluding hydrogens is 241 g/mol. The van der Waals surface area contributed by atoms with E-state index in [-0.39, 0.29) is 5.82 Å². The van der Waals surface area contributed by atoms with Crippen molar-refractivity contribution >= 4 is 11.4 Å². The fourth-order valence-corrected chi connectivity index (χ4v) is 3.07. The highest BCUT2D eigenvalue weighted by molar-refractivity contribution is 5.69. The van der Waals surface area contributed by atoms with Crippen LogP contribution in [0.2, 0.25) is 0 Å². The molecule has 1 saturated heterocycles. The van der Waals surface area contributed by atoms with Gasteiger partial charge in [0.1, 0.15) is 5.82 Å². The molecule has 1 fully saturated rings. The zero-order valence-corrected chi connectivity index (χ0v) is 11.7. The predicted molar refractivity (Wildman–Crippen MR) is 77.5 cm³/mol. The van der Waals surface area contributed by atoms with Gasteiger partial charge in [-0.15, -0.1) is 0 Å². The Morgan fingerprint density at radius 3 is 2.68 bits per heavy atom. The molecule has 1 aromatic carbocycles. The van der Waals surface area contributed by atoms with Crippen molar-refractivity contribution in [2.75, 3.05) is 43.4 Å². The van der Waals surface area contributed by atoms with E-state index in [0.717, 1.165) is 50.4 Å². The predicted octanol–water partition coefficient (Wildman–Crippen LogP) is 2.32. The normalized spacial score (nSPS) is 23.9. The lowest BCUT2D eigenvalue weighted by atomic mass is 9.96. The lowest BCUT2D eigenvalue weighted by Gasteiger charge is -2.37. The van der Waals surface area contributed by atoms with Gasteiger partial charge in [-0.25, -0.2) is 4.39 Å². The highest BCUT2D eigenvalue weighted by atomic mass is 19.1. The monoisotopic (exact) mass is 263 g/mol. The molecule has 3 rings (SSSR count). The number of halogens is 1. The lowest BCUT2D eigenvalue weighted by molar-refractivity contribution is 0.311. The number of fused-ring (bicyclic) bond motifs is 1. The minimum absolute atomic E-state index is 0.0698. The summed E-state index contributed by atoms with van der Waals surface area (Å²) in [7, 11) is 2.12. The summed E-state index contributed by atoms with van der Waals surface area (Å²) in [6.45, 7) is 6.03. The minimum atomic E-state index is -0.0698. The van der Waals surface area contributed by atoms with Gasteiger partial charge in [0, 0.05) is 43.5 Å². The van der Waals surface area contributed by atoms with Gasteiger partial charge < -0.3 is 15.1 Å². The van der Waals surface area contributed by atoms with Crippen molar-refractivity contribution in [3.05, 3.63) is 23.5 Å². The van der Waals surface area contributed by atoms with Crippen LogP contribution in [0.15, 0.2) is 12.1 Å². The summed E-state index contributed by atoms with van der Waals surface area (Å²) >= 11 is 0. The molecule has 4 heteroatoms. The van der Waals surface area contributed by atoms with Gasteiger partial charge in [-0.3, -0.25) is 0 Å². The van der Waals surface area contributed by atoms with Crippen LogP contribution in [0.1, 0.15) is 18.9 Å². The summed E-state index contributed by atoms with van der Waals surface area (Å²) in [5, 5.41) is 3.47. The van der Waals surface area contributed by atoms with E-state index >= 15 is 0 Å². The Morgan fingerprint density at radius 2 is 1.95 bits per heavy atom. The molecule has 0 saturated carbocycles. The van der Waals surface area contributed by atoms with Gasteiger partial charge >= 0.3 is 0 Å². The van der Waals surface area contributed by atoms with Crippen LogP contribution >= 0.6 is 0 Å². The van der Waals surface area contributed by atoms with Crippen molar-refractivity contribution in [3.63, 3.8) is 0 Å². The Kier molecular flexibility index (Phi) is 3.35. The number of hydrogen-bond donors (Lipinski definition) is 1. The lowest BCUT2D eigenvalue weighted by Crippen LogP contribution is -2.45. The highest BCUT2D eigenvalue weighted by Crippen LogP contribution is 2.35. The van der Waals surface area contributed by atoms with Gasteiger partial charge in [-0.05, 0) is 38.9 Å². The molecule has 19 heavy (non-hydrogen) atoms. The van der Waals surface area contributed by atoms with Gasteiger partial charge in [0.2, 0.25) is 0 Å². The van der Waals surface area contributed by atoms with Crippen LogP contribution in [0.3, 0.4) is 0 Å². The van der Waals surface area contributed by atoms with Gasteiger partial charge in [0.25, 0.3) is 0 Å². The van der Waals surface area contributed by atoms with Gasteiger partial charge in [0.05, 0.1) is 5.69 Å². The molecule has 2 aliphatic rings. The van der Waals surface area contributed by atoms with Crippen LogP contribution in [0.25, 0.3) is 0 Å². The van der Waals surface area contributed by atoms with Crippen molar-refractivity contribution in [1.29, 1.82) is 0 Å². The maximum absolute atomic E-state index is 14.3. The van der Waals surface area contributed by atoms with E-state index in [1.807, 2.05) is 6.07 Å². The fraction of sp³-hybridized carbons (Fsp3) is 0.600. The van der Waals surface area contributed by atoms with E-state index in [1.54, 1.807) is 6.07 Å². The number of nitrogens with zero attached hydrogens (tertiary/aromatic N) is 2. The van der Waals surface area contributed by atoms with Crippen LogP contribution in [-0.4, -0.2) is 44.2 Å². The molecule has 1 N–H and O–H groups in total. The first-order valence-corrected chi connectivity index (χ1v) is 7.16. The van der Waals surface area contributed by atoms with Crippen LogP contribution in [0.4, 0.5) is 15.8 Å². The molecule has 0 aromatic heterocycles. The molecule has 0 radical (unpaired) electrons. The minimum Gasteiger partial charge on any atom is -0.382 e. The topological polar surface area (TPSA) is 18.5 Å². The maximum atomic E-state index is 14.3. The number of piperazine rings is 1. The molecule has 2 aliphatic heterocycles. The average Bonchev–Trinajstić information content (AvgIpc) is 2.40. The first-order chi connectivity index (χ1) is 9.15. The van der Waals surface area contributed by atoms with Gasteiger partial charge in [-0.1, -0.05) is 0 Å². The molecule has 104 valence electrons.